The number of pyridine rings is 1. The maximum absolute atomic E-state index is 12.8. The quantitative estimate of drug-likeness (QED) is 0.332. The van der Waals surface area contributed by atoms with Crippen LogP contribution in [0.5, 0.6) is 0 Å². The number of primary amides is 1. The van der Waals surface area contributed by atoms with Gasteiger partial charge in [-0.25, -0.2) is 4.98 Å². The van der Waals surface area contributed by atoms with Crippen LogP contribution in [0.2, 0.25) is 10.0 Å². The summed E-state index contributed by atoms with van der Waals surface area (Å²) in [6.07, 6.45) is 3.22. The van der Waals surface area contributed by atoms with E-state index in [1.54, 1.807) is 84.8 Å². The number of tetrazole rings is 1. The lowest BCUT2D eigenvalue weighted by atomic mass is 9.82. The molecule has 38 heavy (non-hydrogen) atoms. The normalized spacial score (nSPS) is 13.2. The van der Waals surface area contributed by atoms with Crippen molar-refractivity contribution in [2.24, 2.45) is 12.8 Å². The number of aryl methyl sites for hydroxylation is 1. The number of carbonyl (C=O) groups is 1. The third-order valence-corrected chi connectivity index (χ3v) is 7.15. The minimum absolute atomic E-state index is 0.137. The van der Waals surface area contributed by atoms with Crippen molar-refractivity contribution in [3.8, 4) is 11.1 Å². The summed E-state index contributed by atoms with van der Waals surface area (Å²) >= 11 is 12.5. The zero-order valence-corrected chi connectivity index (χ0v) is 21.4. The van der Waals surface area contributed by atoms with Gasteiger partial charge in [-0.1, -0.05) is 53.5 Å². The molecule has 3 N–H and O–H groups in total. The molecule has 3 aromatic heterocycles. The number of halogens is 2. The van der Waals surface area contributed by atoms with Gasteiger partial charge in [0.05, 0.1) is 29.3 Å². The second-order valence-corrected chi connectivity index (χ2v) is 9.75. The van der Waals surface area contributed by atoms with Gasteiger partial charge in [-0.3, -0.25) is 4.79 Å². The maximum atomic E-state index is 12.8. The van der Waals surface area contributed by atoms with Crippen LogP contribution in [0, 0.1) is 0 Å². The highest BCUT2D eigenvalue weighted by molar-refractivity contribution is 6.31. The van der Waals surface area contributed by atoms with Gasteiger partial charge in [0.2, 0.25) is 0 Å². The average molecular weight is 544 g/mol. The molecule has 0 aliphatic carbocycles. The minimum atomic E-state index is -1.63. The first-order valence-electron chi connectivity index (χ1n) is 11.5. The van der Waals surface area contributed by atoms with Crippen molar-refractivity contribution >= 4 is 45.7 Å². The monoisotopic (exact) mass is 543 g/mol. The molecule has 0 spiro atoms. The summed E-state index contributed by atoms with van der Waals surface area (Å²) in [7, 11) is 1.80. The lowest BCUT2D eigenvalue weighted by molar-refractivity contribution is 0.100. The number of benzene rings is 3. The number of rotatable bonds is 5. The Kier molecular flexibility index (Phi) is 5.64. The van der Waals surface area contributed by atoms with E-state index in [1.807, 2.05) is 6.07 Å². The summed E-state index contributed by atoms with van der Waals surface area (Å²) in [4.78, 5) is 17.0. The molecular weight excluding hydrogens is 525 g/mol. The van der Waals surface area contributed by atoms with Crippen molar-refractivity contribution in [3.05, 3.63) is 112 Å². The fourth-order valence-electron chi connectivity index (χ4n) is 4.93. The topological polar surface area (TPSA) is 124 Å². The van der Waals surface area contributed by atoms with Crippen LogP contribution in [-0.4, -0.2) is 40.6 Å². The van der Waals surface area contributed by atoms with Crippen LogP contribution >= 0.6 is 23.2 Å². The number of hydrogen-bond acceptors (Lipinski definition) is 6. The van der Waals surface area contributed by atoms with E-state index in [9.17, 15) is 9.90 Å². The van der Waals surface area contributed by atoms with Crippen LogP contribution in [0.3, 0.4) is 0 Å². The maximum Gasteiger partial charge on any atom is 0.253 e. The summed E-state index contributed by atoms with van der Waals surface area (Å²) in [6.45, 7) is 0. The fourth-order valence-corrected chi connectivity index (χ4v) is 5.25. The van der Waals surface area contributed by atoms with Crippen LogP contribution in [0.15, 0.2) is 79.3 Å². The third kappa shape index (κ3) is 3.63. The molecule has 1 atom stereocenters. The Morgan fingerprint density at radius 1 is 1.00 bits per heavy atom. The van der Waals surface area contributed by atoms with Crippen LogP contribution in [0.25, 0.3) is 27.7 Å². The van der Waals surface area contributed by atoms with E-state index >= 15 is 0 Å². The van der Waals surface area contributed by atoms with E-state index in [-0.39, 0.29) is 11.2 Å². The van der Waals surface area contributed by atoms with Crippen LogP contribution in [0.1, 0.15) is 27.2 Å². The lowest BCUT2D eigenvalue weighted by Crippen LogP contribution is -2.31. The van der Waals surface area contributed by atoms with Gasteiger partial charge in [0.1, 0.15) is 0 Å². The van der Waals surface area contributed by atoms with Crippen molar-refractivity contribution in [2.75, 3.05) is 0 Å². The Balaban J connectivity index is 1.75. The zero-order chi connectivity index (χ0) is 26.6. The fraction of sp³-hybridized carbons (Fsp3) is 0.0741. The molecule has 1 amide bonds. The van der Waals surface area contributed by atoms with E-state index in [1.165, 1.54) is 4.52 Å². The summed E-state index contributed by atoms with van der Waals surface area (Å²) in [5.41, 5.74) is 7.98. The molecule has 188 valence electrons. The average Bonchev–Trinajstić information content (AvgIpc) is 3.57. The van der Waals surface area contributed by atoms with E-state index in [0.717, 1.165) is 0 Å². The molecule has 0 aliphatic heterocycles. The van der Waals surface area contributed by atoms with Gasteiger partial charge in [0, 0.05) is 28.0 Å². The molecule has 0 bridgehead atoms. The summed E-state index contributed by atoms with van der Waals surface area (Å²) in [5.74, 6) is -0.702. The first kappa shape index (κ1) is 24.1. The number of amides is 1. The first-order chi connectivity index (χ1) is 18.3. The Morgan fingerprint density at radius 3 is 2.45 bits per heavy atom. The SMILES string of the molecule is Cn1cncc1C(O)(c1ccc(Cl)cc1)c1ccc2c(c1)c(-c1cccc(Cl)c1)c(C(N)=O)c1nnnn12. The number of nitrogens with two attached hydrogens (primary N) is 1. The van der Waals surface area contributed by atoms with Gasteiger partial charge >= 0.3 is 0 Å². The van der Waals surface area contributed by atoms with Crippen LogP contribution in [0.4, 0.5) is 0 Å². The highest BCUT2D eigenvalue weighted by Crippen LogP contribution is 2.41. The predicted molar refractivity (Wildman–Crippen MR) is 144 cm³/mol. The van der Waals surface area contributed by atoms with E-state index in [2.05, 4.69) is 20.5 Å². The summed E-state index contributed by atoms with van der Waals surface area (Å²) in [5, 5.41) is 26.0. The largest absolute Gasteiger partial charge is 0.374 e. The number of hydrogen-bond donors (Lipinski definition) is 2. The van der Waals surface area contributed by atoms with Gasteiger partial charge < -0.3 is 15.4 Å². The molecule has 0 saturated heterocycles. The molecule has 0 saturated carbocycles. The predicted octanol–water partition coefficient (Wildman–Crippen LogP) is 4.37. The van der Waals surface area contributed by atoms with Gasteiger partial charge in [-0.05, 0) is 63.5 Å². The van der Waals surface area contributed by atoms with Gasteiger partial charge in [0.15, 0.2) is 11.2 Å². The van der Waals surface area contributed by atoms with Gasteiger partial charge in [-0.15, -0.1) is 5.10 Å². The van der Waals surface area contributed by atoms with Crippen molar-refractivity contribution < 1.29 is 9.90 Å². The van der Waals surface area contributed by atoms with Crippen LogP contribution in [-0.2, 0) is 12.6 Å². The molecule has 1 unspecified atom stereocenters. The smallest absolute Gasteiger partial charge is 0.253 e. The van der Waals surface area contributed by atoms with Gasteiger partial charge in [-0.2, -0.15) is 4.52 Å². The van der Waals surface area contributed by atoms with E-state index < -0.39 is 11.5 Å². The van der Waals surface area contributed by atoms with E-state index in [4.69, 9.17) is 28.9 Å². The number of fused-ring (bicyclic) bond motifs is 3. The highest BCUT2D eigenvalue weighted by atomic mass is 35.5. The Morgan fingerprint density at radius 2 is 1.76 bits per heavy atom. The van der Waals surface area contributed by atoms with Crippen molar-refractivity contribution in [1.29, 1.82) is 0 Å². The number of imidazole rings is 1. The van der Waals surface area contributed by atoms with E-state index in [0.29, 0.717) is 48.9 Å². The summed E-state index contributed by atoms with van der Waals surface area (Å²) in [6, 6.07) is 19.4. The summed E-state index contributed by atoms with van der Waals surface area (Å²) < 4.78 is 3.20. The standard InChI is InChI=1S/C27H19Cl2N7O2/c1-35-14-31-13-22(35)27(38,16-5-8-18(28)9-6-16)17-7-10-21-20(12-17)23(15-3-2-4-19(29)11-15)24(25(30)37)26-32-33-34-36(21)26/h2-14,38H,1H3,(H2,30,37). The molecule has 0 aliphatic rings. The molecule has 6 aromatic rings. The molecule has 3 heterocycles. The Bertz CT molecular complexity index is 1860. The third-order valence-electron chi connectivity index (χ3n) is 6.66. The number of carbonyl (C=O) groups excluding carboxylic acids is 1. The molecule has 0 radical (unpaired) electrons. The van der Waals surface area contributed by atoms with Gasteiger partial charge in [0.25, 0.3) is 5.91 Å². The second-order valence-electron chi connectivity index (χ2n) is 8.88. The number of aliphatic hydroxyl groups is 1. The zero-order valence-electron chi connectivity index (χ0n) is 19.9. The Hall–Kier alpha value is -4.31. The highest BCUT2D eigenvalue weighted by Gasteiger charge is 2.37. The molecule has 11 heteroatoms. The number of nitrogens with zero attached hydrogens (tertiary/aromatic N) is 6. The molecular formula is C27H19Cl2N7O2. The second kappa shape index (κ2) is 8.91. The van der Waals surface area contributed by atoms with Crippen molar-refractivity contribution in [3.63, 3.8) is 0 Å². The molecule has 0 fully saturated rings. The minimum Gasteiger partial charge on any atom is -0.374 e. The van der Waals surface area contributed by atoms with Crippen LogP contribution < -0.4 is 5.73 Å². The lowest BCUT2D eigenvalue weighted by Gasteiger charge is -2.30. The molecule has 9 nitrogen and oxygen atoms in total. The van der Waals surface area contributed by atoms with Crippen molar-refractivity contribution in [2.45, 2.75) is 5.60 Å². The molecule has 3 aromatic carbocycles. The molecule has 6 rings (SSSR count). The van der Waals surface area contributed by atoms with Crippen molar-refractivity contribution in [1.82, 2.24) is 29.6 Å². The Labute approximate surface area is 226 Å². The number of aromatic nitrogens is 6. The first-order valence-corrected chi connectivity index (χ1v) is 12.2.